The molecule has 3 N–H and O–H groups in total. The van der Waals surface area contributed by atoms with Crippen LogP contribution in [0.4, 0.5) is 11.6 Å². The maximum Gasteiger partial charge on any atom is 0.348 e. The Kier molecular flexibility index (Phi) is 3.25. The third-order valence-corrected chi connectivity index (χ3v) is 4.03. The molecule has 0 bridgehead atoms. The molecule has 3 heterocycles. The summed E-state index contributed by atoms with van der Waals surface area (Å²) in [7, 11) is 1.73. The van der Waals surface area contributed by atoms with Crippen molar-refractivity contribution in [2.45, 2.75) is 25.3 Å². The Hall–Kier alpha value is -2.83. The maximum absolute atomic E-state index is 11.5. The van der Waals surface area contributed by atoms with E-state index in [2.05, 4.69) is 48.3 Å². The molecule has 0 atom stereocenters. The van der Waals surface area contributed by atoms with E-state index in [-0.39, 0.29) is 5.69 Å². The number of anilines is 2. The standard InChI is InChI=1S/C16H18N6O/c1-17-13-6-14(21-16(23)20-13)18-7-12-9-22-8-11(10-2-3-10)4-5-15(22)19-12/h4-6,8-10H,2-3,7H2,1H3,(H3,17,18,20,21,23). The second kappa shape index (κ2) is 5.42. The van der Waals surface area contributed by atoms with Crippen molar-refractivity contribution in [3.63, 3.8) is 0 Å². The number of imidazole rings is 1. The summed E-state index contributed by atoms with van der Waals surface area (Å²) < 4.78 is 2.07. The van der Waals surface area contributed by atoms with Gasteiger partial charge in [0.05, 0.1) is 12.2 Å². The Bertz CT molecular complexity index is 908. The molecule has 0 amide bonds. The molecule has 0 unspecified atom stereocenters. The van der Waals surface area contributed by atoms with Crippen LogP contribution in [0.15, 0.2) is 35.4 Å². The molecule has 0 spiro atoms. The van der Waals surface area contributed by atoms with Gasteiger partial charge in [-0.25, -0.2) is 9.78 Å². The number of nitrogens with zero attached hydrogens (tertiary/aromatic N) is 3. The van der Waals surface area contributed by atoms with E-state index in [1.165, 1.54) is 18.4 Å². The van der Waals surface area contributed by atoms with E-state index in [0.29, 0.717) is 18.2 Å². The number of aromatic nitrogens is 4. The van der Waals surface area contributed by atoms with E-state index in [0.717, 1.165) is 17.3 Å². The minimum atomic E-state index is -0.386. The van der Waals surface area contributed by atoms with Crippen LogP contribution in [-0.4, -0.2) is 26.4 Å². The van der Waals surface area contributed by atoms with Gasteiger partial charge in [-0.3, -0.25) is 4.98 Å². The summed E-state index contributed by atoms with van der Waals surface area (Å²) in [4.78, 5) is 22.5. The smallest absolute Gasteiger partial charge is 0.348 e. The monoisotopic (exact) mass is 310 g/mol. The first-order valence-corrected chi connectivity index (χ1v) is 7.72. The molecule has 1 saturated carbocycles. The van der Waals surface area contributed by atoms with E-state index in [4.69, 9.17) is 0 Å². The first-order chi connectivity index (χ1) is 11.2. The van der Waals surface area contributed by atoms with Gasteiger partial charge >= 0.3 is 5.69 Å². The van der Waals surface area contributed by atoms with Gasteiger partial charge in [0.25, 0.3) is 0 Å². The minimum Gasteiger partial charge on any atom is -0.373 e. The number of rotatable bonds is 5. The summed E-state index contributed by atoms with van der Waals surface area (Å²) in [5, 5.41) is 6.04. The maximum atomic E-state index is 11.5. The number of hydrogen-bond donors (Lipinski definition) is 3. The highest BCUT2D eigenvalue weighted by Gasteiger charge is 2.23. The van der Waals surface area contributed by atoms with Crippen LogP contribution in [0.2, 0.25) is 0 Å². The summed E-state index contributed by atoms with van der Waals surface area (Å²) >= 11 is 0. The molecule has 4 rings (SSSR count). The van der Waals surface area contributed by atoms with E-state index in [9.17, 15) is 4.79 Å². The van der Waals surface area contributed by atoms with E-state index >= 15 is 0 Å². The summed E-state index contributed by atoms with van der Waals surface area (Å²) in [5.41, 5.74) is 2.85. The number of hydrogen-bond acceptors (Lipinski definition) is 5. The average Bonchev–Trinajstić information content (AvgIpc) is 3.31. The number of H-pyrrole nitrogens is 1. The van der Waals surface area contributed by atoms with Gasteiger partial charge in [0, 0.05) is 25.5 Å². The fourth-order valence-electron chi connectivity index (χ4n) is 2.67. The molecule has 118 valence electrons. The SMILES string of the molecule is CNc1cc(NCc2cn3cc(C4CC4)ccc3n2)[nH]c(=O)n1. The molecule has 7 heteroatoms. The van der Waals surface area contributed by atoms with Crippen LogP contribution in [-0.2, 0) is 6.54 Å². The Morgan fingerprint density at radius 2 is 2.17 bits per heavy atom. The van der Waals surface area contributed by atoms with Gasteiger partial charge in [-0.1, -0.05) is 6.07 Å². The summed E-state index contributed by atoms with van der Waals surface area (Å²) in [5.74, 6) is 1.87. The predicted molar refractivity (Wildman–Crippen MR) is 88.9 cm³/mol. The van der Waals surface area contributed by atoms with Gasteiger partial charge in [0.2, 0.25) is 0 Å². The highest BCUT2D eigenvalue weighted by molar-refractivity contribution is 5.47. The normalized spacial score (nSPS) is 14.1. The van der Waals surface area contributed by atoms with Crippen molar-refractivity contribution in [3.05, 3.63) is 52.3 Å². The molecule has 1 aliphatic rings. The molecule has 0 aliphatic heterocycles. The number of fused-ring (bicyclic) bond motifs is 1. The molecule has 1 fully saturated rings. The van der Waals surface area contributed by atoms with Crippen molar-refractivity contribution in [1.82, 2.24) is 19.4 Å². The molecule has 7 nitrogen and oxygen atoms in total. The second-order valence-corrected chi connectivity index (χ2v) is 5.82. The molecular weight excluding hydrogens is 292 g/mol. The van der Waals surface area contributed by atoms with Crippen LogP contribution in [0, 0.1) is 0 Å². The number of aromatic amines is 1. The molecule has 3 aromatic heterocycles. The lowest BCUT2D eigenvalue weighted by atomic mass is 10.2. The van der Waals surface area contributed by atoms with Crippen LogP contribution in [0.25, 0.3) is 5.65 Å². The second-order valence-electron chi connectivity index (χ2n) is 5.82. The minimum absolute atomic E-state index is 0.386. The Labute approximate surface area is 132 Å². The van der Waals surface area contributed by atoms with Gasteiger partial charge in [0.1, 0.15) is 17.3 Å². The molecule has 0 saturated heterocycles. The quantitative estimate of drug-likeness (QED) is 0.670. The lowest BCUT2D eigenvalue weighted by Crippen LogP contribution is -2.15. The zero-order valence-electron chi connectivity index (χ0n) is 12.8. The van der Waals surface area contributed by atoms with Gasteiger partial charge in [-0.15, -0.1) is 0 Å². The molecular formula is C16H18N6O. The van der Waals surface area contributed by atoms with Crippen LogP contribution in [0.5, 0.6) is 0 Å². The largest absolute Gasteiger partial charge is 0.373 e. The highest BCUT2D eigenvalue weighted by atomic mass is 16.1. The third-order valence-electron chi connectivity index (χ3n) is 4.03. The summed E-state index contributed by atoms with van der Waals surface area (Å²) in [6.07, 6.45) is 6.76. The van der Waals surface area contributed by atoms with Gasteiger partial charge in [-0.05, 0) is 30.4 Å². The zero-order valence-corrected chi connectivity index (χ0v) is 12.8. The zero-order chi connectivity index (χ0) is 15.8. The van der Waals surface area contributed by atoms with Crippen LogP contribution >= 0.6 is 0 Å². The Morgan fingerprint density at radius 3 is 2.96 bits per heavy atom. The molecule has 0 aromatic carbocycles. The highest BCUT2D eigenvalue weighted by Crippen LogP contribution is 2.39. The van der Waals surface area contributed by atoms with E-state index < -0.39 is 0 Å². The Morgan fingerprint density at radius 1 is 1.30 bits per heavy atom. The van der Waals surface area contributed by atoms with Gasteiger partial charge in [-0.2, -0.15) is 4.98 Å². The molecule has 23 heavy (non-hydrogen) atoms. The van der Waals surface area contributed by atoms with Crippen molar-refractivity contribution in [2.24, 2.45) is 0 Å². The van der Waals surface area contributed by atoms with Crippen molar-refractivity contribution < 1.29 is 0 Å². The summed E-state index contributed by atoms with van der Waals surface area (Å²) in [6, 6.07) is 5.98. The topological polar surface area (TPSA) is 87.1 Å². The van der Waals surface area contributed by atoms with Crippen molar-refractivity contribution in [3.8, 4) is 0 Å². The molecule has 3 aromatic rings. The average molecular weight is 310 g/mol. The lowest BCUT2D eigenvalue weighted by molar-refractivity contribution is 1.01. The molecule has 0 radical (unpaired) electrons. The first kappa shape index (κ1) is 13.8. The van der Waals surface area contributed by atoms with Crippen LogP contribution in [0.1, 0.15) is 30.0 Å². The summed E-state index contributed by atoms with van der Waals surface area (Å²) in [6.45, 7) is 0.531. The number of pyridine rings is 1. The van der Waals surface area contributed by atoms with Crippen molar-refractivity contribution in [2.75, 3.05) is 17.7 Å². The molecule has 1 aliphatic carbocycles. The van der Waals surface area contributed by atoms with Crippen molar-refractivity contribution >= 4 is 17.3 Å². The fraction of sp³-hybridized carbons (Fsp3) is 0.312. The number of nitrogens with one attached hydrogen (secondary N) is 3. The van der Waals surface area contributed by atoms with Gasteiger partial charge < -0.3 is 15.0 Å². The van der Waals surface area contributed by atoms with Crippen LogP contribution in [0.3, 0.4) is 0 Å². The third kappa shape index (κ3) is 2.90. The predicted octanol–water partition coefficient (Wildman–Crippen LogP) is 1.95. The van der Waals surface area contributed by atoms with Gasteiger partial charge in [0.15, 0.2) is 0 Å². The lowest BCUT2D eigenvalue weighted by Gasteiger charge is -2.05. The van der Waals surface area contributed by atoms with Crippen LogP contribution < -0.4 is 16.3 Å². The van der Waals surface area contributed by atoms with E-state index in [1.807, 2.05) is 6.20 Å². The Balaban J connectivity index is 1.53. The first-order valence-electron chi connectivity index (χ1n) is 7.72. The van der Waals surface area contributed by atoms with E-state index in [1.54, 1.807) is 13.1 Å². The van der Waals surface area contributed by atoms with Crippen molar-refractivity contribution in [1.29, 1.82) is 0 Å². The fourth-order valence-corrected chi connectivity index (χ4v) is 2.67.